The third-order valence-corrected chi connectivity index (χ3v) is 4.93. The maximum absolute atomic E-state index is 12.6. The number of ether oxygens (including phenoxy) is 1. The third kappa shape index (κ3) is 3.45. The van der Waals surface area contributed by atoms with E-state index in [1.165, 1.54) is 5.69 Å². The highest BCUT2D eigenvalue weighted by Crippen LogP contribution is 2.22. The van der Waals surface area contributed by atoms with Crippen LogP contribution in [0.15, 0.2) is 30.5 Å². The first-order valence-electron chi connectivity index (χ1n) is 8.50. The number of aromatic nitrogens is 2. The highest BCUT2D eigenvalue weighted by molar-refractivity contribution is 5.94. The van der Waals surface area contributed by atoms with Crippen molar-refractivity contribution in [2.75, 3.05) is 20.2 Å². The summed E-state index contributed by atoms with van der Waals surface area (Å²) in [6.07, 6.45) is 4.01. The largest absolute Gasteiger partial charge is 0.497 e. The number of imidazole rings is 1. The fraction of sp³-hybridized carbons (Fsp3) is 0.474. The number of amides is 1. The molecule has 2 heterocycles. The minimum absolute atomic E-state index is 0.117. The summed E-state index contributed by atoms with van der Waals surface area (Å²) in [5.41, 5.74) is 1.94. The number of carbonyl (C=O) groups excluding carboxylic acids is 1. The molecule has 0 saturated carbocycles. The van der Waals surface area contributed by atoms with Crippen LogP contribution in [0.2, 0.25) is 0 Å². The van der Waals surface area contributed by atoms with Crippen molar-refractivity contribution >= 4 is 5.91 Å². The molecule has 1 fully saturated rings. The second-order valence-electron chi connectivity index (χ2n) is 6.52. The van der Waals surface area contributed by atoms with Gasteiger partial charge in [0.1, 0.15) is 11.6 Å². The van der Waals surface area contributed by atoms with Gasteiger partial charge in [0.05, 0.1) is 7.11 Å². The molecule has 0 atom stereocenters. The van der Waals surface area contributed by atoms with E-state index < -0.39 is 0 Å². The van der Waals surface area contributed by atoms with E-state index in [9.17, 15) is 4.79 Å². The summed E-state index contributed by atoms with van der Waals surface area (Å²) < 4.78 is 7.43. The first kappa shape index (κ1) is 16.6. The molecule has 3 rings (SSSR count). The minimum Gasteiger partial charge on any atom is -0.497 e. The third-order valence-electron chi connectivity index (χ3n) is 4.93. The standard InChI is InChI=1S/C19H25N3O2/c1-14-12-20-15(2)22(14)13-16-8-10-21(11-9-16)19(23)17-4-6-18(24-3)7-5-17/h4-7,12,16H,8-11,13H2,1-3H3. The van der Waals surface area contributed by atoms with Crippen LogP contribution >= 0.6 is 0 Å². The van der Waals surface area contributed by atoms with E-state index in [2.05, 4.69) is 23.4 Å². The SMILES string of the molecule is COc1ccc(C(=O)N2CCC(Cn3c(C)cnc3C)CC2)cc1. The molecule has 0 bridgehead atoms. The Balaban J connectivity index is 1.57. The van der Waals surface area contributed by atoms with Crippen molar-refractivity contribution < 1.29 is 9.53 Å². The van der Waals surface area contributed by atoms with Crippen LogP contribution in [0.3, 0.4) is 0 Å². The zero-order valence-electron chi connectivity index (χ0n) is 14.7. The molecule has 24 heavy (non-hydrogen) atoms. The van der Waals surface area contributed by atoms with Crippen molar-refractivity contribution in [3.05, 3.63) is 47.5 Å². The summed E-state index contributed by atoms with van der Waals surface area (Å²) in [5.74, 6) is 2.57. The number of piperidine rings is 1. The predicted molar refractivity (Wildman–Crippen MR) is 93.3 cm³/mol. The van der Waals surface area contributed by atoms with E-state index in [-0.39, 0.29) is 5.91 Å². The monoisotopic (exact) mass is 327 g/mol. The first-order valence-corrected chi connectivity index (χ1v) is 8.50. The molecule has 1 aliphatic heterocycles. The summed E-state index contributed by atoms with van der Waals surface area (Å²) >= 11 is 0. The van der Waals surface area contributed by atoms with E-state index in [0.29, 0.717) is 5.92 Å². The molecule has 0 aliphatic carbocycles. The Hall–Kier alpha value is -2.30. The lowest BCUT2D eigenvalue weighted by Gasteiger charge is -2.32. The van der Waals surface area contributed by atoms with Gasteiger partial charge in [-0.05, 0) is 56.9 Å². The van der Waals surface area contributed by atoms with Crippen molar-refractivity contribution in [1.29, 1.82) is 0 Å². The van der Waals surface area contributed by atoms with Crippen molar-refractivity contribution in [2.45, 2.75) is 33.2 Å². The van der Waals surface area contributed by atoms with Crippen LogP contribution in [0.1, 0.15) is 34.7 Å². The van der Waals surface area contributed by atoms with Gasteiger partial charge in [0.15, 0.2) is 0 Å². The van der Waals surface area contributed by atoms with Crippen molar-refractivity contribution in [1.82, 2.24) is 14.5 Å². The lowest BCUT2D eigenvalue weighted by Crippen LogP contribution is -2.39. The first-order chi connectivity index (χ1) is 11.6. The van der Waals surface area contributed by atoms with Gasteiger partial charge in [-0.15, -0.1) is 0 Å². The maximum Gasteiger partial charge on any atom is 0.253 e. The Morgan fingerprint density at radius 3 is 2.42 bits per heavy atom. The molecule has 128 valence electrons. The highest BCUT2D eigenvalue weighted by atomic mass is 16.5. The smallest absolute Gasteiger partial charge is 0.253 e. The summed E-state index contributed by atoms with van der Waals surface area (Å²) in [6.45, 7) is 6.80. The molecule has 5 nitrogen and oxygen atoms in total. The van der Waals surface area contributed by atoms with Gasteiger partial charge in [0.2, 0.25) is 0 Å². The lowest BCUT2D eigenvalue weighted by atomic mass is 9.96. The Labute approximate surface area is 143 Å². The Bertz CT molecular complexity index is 678. The molecule has 2 aromatic rings. The number of carbonyl (C=O) groups is 1. The molecule has 0 unspecified atom stereocenters. The molecular weight excluding hydrogens is 302 g/mol. The van der Waals surface area contributed by atoms with Gasteiger partial charge in [-0.1, -0.05) is 0 Å². The zero-order valence-corrected chi connectivity index (χ0v) is 14.7. The molecule has 1 saturated heterocycles. The Morgan fingerprint density at radius 1 is 1.21 bits per heavy atom. The van der Waals surface area contributed by atoms with Crippen LogP contribution < -0.4 is 4.74 Å². The molecule has 1 amide bonds. The van der Waals surface area contributed by atoms with Crippen molar-refractivity contribution in [3.63, 3.8) is 0 Å². The normalized spacial score (nSPS) is 15.5. The highest BCUT2D eigenvalue weighted by Gasteiger charge is 2.24. The van der Waals surface area contributed by atoms with E-state index in [1.807, 2.05) is 35.4 Å². The van der Waals surface area contributed by atoms with Gasteiger partial charge in [0.25, 0.3) is 5.91 Å². The summed E-state index contributed by atoms with van der Waals surface area (Å²) in [4.78, 5) is 18.9. The number of likely N-dealkylation sites (tertiary alicyclic amines) is 1. The number of nitrogens with zero attached hydrogens (tertiary/aromatic N) is 3. The van der Waals surface area contributed by atoms with Gasteiger partial charge in [-0.25, -0.2) is 4.98 Å². The number of methoxy groups -OCH3 is 1. The van der Waals surface area contributed by atoms with E-state index in [1.54, 1.807) is 7.11 Å². The minimum atomic E-state index is 0.117. The average molecular weight is 327 g/mol. The van der Waals surface area contributed by atoms with Crippen LogP contribution in [0.4, 0.5) is 0 Å². The topological polar surface area (TPSA) is 47.4 Å². The second-order valence-corrected chi connectivity index (χ2v) is 6.52. The van der Waals surface area contributed by atoms with Crippen LogP contribution in [0, 0.1) is 19.8 Å². The number of hydrogen-bond acceptors (Lipinski definition) is 3. The van der Waals surface area contributed by atoms with Gasteiger partial charge < -0.3 is 14.2 Å². The van der Waals surface area contributed by atoms with E-state index in [0.717, 1.165) is 49.6 Å². The Kier molecular flexibility index (Phi) is 4.88. The van der Waals surface area contributed by atoms with Crippen LogP contribution in [0.25, 0.3) is 0 Å². The molecule has 1 aromatic carbocycles. The fourth-order valence-corrected chi connectivity index (χ4v) is 3.35. The number of benzene rings is 1. The van der Waals surface area contributed by atoms with Crippen LogP contribution in [0.5, 0.6) is 5.75 Å². The van der Waals surface area contributed by atoms with Crippen LogP contribution in [-0.2, 0) is 6.54 Å². The number of hydrogen-bond donors (Lipinski definition) is 0. The number of aryl methyl sites for hydroxylation is 2. The van der Waals surface area contributed by atoms with Gasteiger partial charge in [-0.2, -0.15) is 0 Å². The average Bonchev–Trinajstić information content (AvgIpc) is 2.94. The van der Waals surface area contributed by atoms with Gasteiger partial charge in [0, 0.05) is 37.1 Å². The second kappa shape index (κ2) is 7.07. The molecular formula is C19H25N3O2. The lowest BCUT2D eigenvalue weighted by molar-refractivity contribution is 0.0682. The van der Waals surface area contributed by atoms with Crippen LogP contribution in [-0.4, -0.2) is 40.6 Å². The predicted octanol–water partition coefficient (Wildman–Crippen LogP) is 3.06. The summed E-state index contributed by atoms with van der Waals surface area (Å²) in [6, 6.07) is 7.35. The summed E-state index contributed by atoms with van der Waals surface area (Å²) in [5, 5.41) is 0. The van der Waals surface area contributed by atoms with Crippen molar-refractivity contribution in [2.24, 2.45) is 5.92 Å². The molecule has 1 aliphatic rings. The quantitative estimate of drug-likeness (QED) is 0.867. The Morgan fingerprint density at radius 2 is 1.88 bits per heavy atom. The maximum atomic E-state index is 12.6. The fourth-order valence-electron chi connectivity index (χ4n) is 3.35. The van der Waals surface area contributed by atoms with Gasteiger partial charge >= 0.3 is 0 Å². The molecule has 0 spiro atoms. The van der Waals surface area contributed by atoms with E-state index >= 15 is 0 Å². The molecule has 1 aromatic heterocycles. The molecule has 0 N–H and O–H groups in total. The van der Waals surface area contributed by atoms with E-state index in [4.69, 9.17) is 4.74 Å². The molecule has 5 heteroatoms. The number of rotatable bonds is 4. The molecule has 0 radical (unpaired) electrons. The van der Waals surface area contributed by atoms with Crippen molar-refractivity contribution in [3.8, 4) is 5.75 Å². The zero-order chi connectivity index (χ0) is 17.1. The summed E-state index contributed by atoms with van der Waals surface area (Å²) in [7, 11) is 1.63. The van der Waals surface area contributed by atoms with Gasteiger partial charge in [-0.3, -0.25) is 4.79 Å².